The highest BCUT2D eigenvalue weighted by atomic mass is 19.1. The van der Waals surface area contributed by atoms with Gasteiger partial charge in [0.25, 0.3) is 0 Å². The summed E-state index contributed by atoms with van der Waals surface area (Å²) in [6.45, 7) is 4.54. The lowest BCUT2D eigenvalue weighted by Crippen LogP contribution is -2.32. The number of hydrogen-bond donors (Lipinski definition) is 1. The summed E-state index contributed by atoms with van der Waals surface area (Å²) < 4.78 is 17.9. The van der Waals surface area contributed by atoms with Crippen molar-refractivity contribution in [1.29, 1.82) is 0 Å². The number of benzene rings is 1. The van der Waals surface area contributed by atoms with E-state index in [-0.39, 0.29) is 11.9 Å². The van der Waals surface area contributed by atoms with Crippen molar-refractivity contribution in [2.45, 2.75) is 19.9 Å². The molecule has 0 fully saturated rings. The number of hydrogen-bond acceptors (Lipinski definition) is 2. The lowest BCUT2D eigenvalue weighted by Gasteiger charge is -2.16. The minimum absolute atomic E-state index is 0.0139. The number of nitrogens with two attached hydrogens (primary N) is 1. The summed E-state index contributed by atoms with van der Waals surface area (Å²) in [5.41, 5.74) is 5.80. The van der Waals surface area contributed by atoms with Crippen LogP contribution in [0.25, 0.3) is 0 Å². The predicted molar refractivity (Wildman–Crippen MR) is 54.7 cm³/mol. The Morgan fingerprint density at radius 3 is 2.36 bits per heavy atom. The summed E-state index contributed by atoms with van der Waals surface area (Å²) in [5, 5.41) is 0. The molecular formula is C11H16FNO. The maximum atomic E-state index is 12.5. The third kappa shape index (κ3) is 3.34. The smallest absolute Gasteiger partial charge is 0.123 e. The average Bonchev–Trinajstić information content (AvgIpc) is 2.16. The van der Waals surface area contributed by atoms with E-state index < -0.39 is 0 Å². The monoisotopic (exact) mass is 197 g/mol. The van der Waals surface area contributed by atoms with Gasteiger partial charge in [-0.05, 0) is 30.2 Å². The first-order valence-corrected chi connectivity index (χ1v) is 4.73. The Bertz CT molecular complexity index is 271. The Morgan fingerprint density at radius 2 is 1.86 bits per heavy atom. The summed E-state index contributed by atoms with van der Waals surface area (Å²) in [7, 11) is 0. The zero-order valence-corrected chi connectivity index (χ0v) is 8.53. The van der Waals surface area contributed by atoms with E-state index in [9.17, 15) is 4.39 Å². The van der Waals surface area contributed by atoms with Crippen LogP contribution >= 0.6 is 0 Å². The summed E-state index contributed by atoms with van der Waals surface area (Å²) >= 11 is 0. The highest BCUT2D eigenvalue weighted by Gasteiger charge is 2.07. The van der Waals surface area contributed by atoms with Gasteiger partial charge >= 0.3 is 0 Å². The zero-order valence-electron chi connectivity index (χ0n) is 8.53. The van der Waals surface area contributed by atoms with Crippen molar-refractivity contribution >= 4 is 0 Å². The normalized spacial score (nSPS) is 12.9. The molecule has 0 bridgehead atoms. The molecule has 0 aliphatic rings. The van der Waals surface area contributed by atoms with Crippen LogP contribution in [0.3, 0.4) is 0 Å². The van der Waals surface area contributed by atoms with Crippen LogP contribution in [-0.2, 0) is 0 Å². The molecule has 1 rings (SSSR count). The van der Waals surface area contributed by atoms with E-state index in [1.165, 1.54) is 12.1 Å². The molecule has 0 aromatic heterocycles. The van der Waals surface area contributed by atoms with Gasteiger partial charge in [-0.3, -0.25) is 0 Å². The molecular weight excluding hydrogens is 181 g/mol. The minimum Gasteiger partial charge on any atom is -0.492 e. The van der Waals surface area contributed by atoms with E-state index in [4.69, 9.17) is 10.5 Å². The Balaban J connectivity index is 2.42. The van der Waals surface area contributed by atoms with Gasteiger partial charge in [0.1, 0.15) is 18.2 Å². The third-order valence-electron chi connectivity index (χ3n) is 2.11. The fraction of sp³-hybridized carbons (Fsp3) is 0.455. The second kappa shape index (κ2) is 4.96. The van der Waals surface area contributed by atoms with Crippen molar-refractivity contribution in [2.75, 3.05) is 6.61 Å². The van der Waals surface area contributed by atoms with Crippen LogP contribution in [0.5, 0.6) is 5.75 Å². The van der Waals surface area contributed by atoms with Gasteiger partial charge in [0.05, 0.1) is 0 Å². The highest BCUT2D eigenvalue weighted by molar-refractivity contribution is 5.22. The van der Waals surface area contributed by atoms with Crippen LogP contribution in [0, 0.1) is 11.7 Å². The highest BCUT2D eigenvalue weighted by Crippen LogP contribution is 2.11. The molecule has 1 unspecified atom stereocenters. The van der Waals surface area contributed by atoms with Gasteiger partial charge in [-0.2, -0.15) is 0 Å². The van der Waals surface area contributed by atoms with Gasteiger partial charge in [0.2, 0.25) is 0 Å². The number of ether oxygens (including phenoxy) is 1. The quantitative estimate of drug-likeness (QED) is 0.803. The number of halogens is 1. The van der Waals surface area contributed by atoms with E-state index >= 15 is 0 Å². The topological polar surface area (TPSA) is 35.2 Å². The Kier molecular flexibility index (Phi) is 3.89. The van der Waals surface area contributed by atoms with Gasteiger partial charge in [0, 0.05) is 6.04 Å². The van der Waals surface area contributed by atoms with Crippen LogP contribution in [0.1, 0.15) is 13.8 Å². The molecule has 2 nitrogen and oxygen atoms in total. The van der Waals surface area contributed by atoms with E-state index in [1.54, 1.807) is 12.1 Å². The molecule has 14 heavy (non-hydrogen) atoms. The minimum atomic E-state index is -0.259. The van der Waals surface area contributed by atoms with Crippen molar-refractivity contribution < 1.29 is 9.13 Å². The maximum Gasteiger partial charge on any atom is 0.123 e. The lowest BCUT2D eigenvalue weighted by molar-refractivity contribution is 0.259. The van der Waals surface area contributed by atoms with Crippen LogP contribution < -0.4 is 10.5 Å². The summed E-state index contributed by atoms with van der Waals surface area (Å²) in [6, 6.07) is 5.96. The van der Waals surface area contributed by atoms with Crippen LogP contribution in [0.4, 0.5) is 4.39 Å². The van der Waals surface area contributed by atoms with E-state index in [0.29, 0.717) is 18.3 Å². The molecule has 78 valence electrons. The molecule has 0 spiro atoms. The van der Waals surface area contributed by atoms with E-state index in [0.717, 1.165) is 0 Å². The summed E-state index contributed by atoms with van der Waals surface area (Å²) in [6.07, 6.45) is 0. The fourth-order valence-corrected chi connectivity index (χ4v) is 0.916. The fourth-order valence-electron chi connectivity index (χ4n) is 0.916. The van der Waals surface area contributed by atoms with Gasteiger partial charge in [-0.15, -0.1) is 0 Å². The average molecular weight is 197 g/mol. The molecule has 0 aliphatic carbocycles. The molecule has 0 heterocycles. The van der Waals surface area contributed by atoms with Crippen molar-refractivity contribution in [3.63, 3.8) is 0 Å². The zero-order chi connectivity index (χ0) is 10.6. The molecule has 1 atom stereocenters. The molecule has 0 saturated heterocycles. The van der Waals surface area contributed by atoms with Crippen LogP contribution in [0.2, 0.25) is 0 Å². The SMILES string of the molecule is CC(C)C(N)COc1ccc(F)cc1. The lowest BCUT2D eigenvalue weighted by atomic mass is 10.1. The van der Waals surface area contributed by atoms with Crippen LogP contribution in [0.15, 0.2) is 24.3 Å². The molecule has 0 aliphatic heterocycles. The molecule has 0 radical (unpaired) electrons. The van der Waals surface area contributed by atoms with Gasteiger partial charge in [-0.1, -0.05) is 13.8 Å². The Hall–Kier alpha value is -1.09. The largest absolute Gasteiger partial charge is 0.492 e. The van der Waals surface area contributed by atoms with Gasteiger partial charge in [-0.25, -0.2) is 4.39 Å². The van der Waals surface area contributed by atoms with E-state index in [2.05, 4.69) is 0 Å². The second-order valence-corrected chi connectivity index (χ2v) is 3.67. The molecule has 3 heteroatoms. The Morgan fingerprint density at radius 1 is 1.29 bits per heavy atom. The first-order valence-electron chi connectivity index (χ1n) is 4.73. The summed E-state index contributed by atoms with van der Waals surface area (Å²) in [5.74, 6) is 0.781. The van der Waals surface area contributed by atoms with Crippen LogP contribution in [-0.4, -0.2) is 12.6 Å². The first-order chi connectivity index (χ1) is 6.59. The van der Waals surface area contributed by atoms with Gasteiger partial charge < -0.3 is 10.5 Å². The molecule has 1 aromatic carbocycles. The van der Waals surface area contributed by atoms with E-state index in [1.807, 2.05) is 13.8 Å². The first kappa shape index (κ1) is 11.0. The maximum absolute atomic E-state index is 12.5. The second-order valence-electron chi connectivity index (χ2n) is 3.67. The third-order valence-corrected chi connectivity index (χ3v) is 2.11. The van der Waals surface area contributed by atoms with Gasteiger partial charge in [0.15, 0.2) is 0 Å². The standard InChI is InChI=1S/C11H16FNO/c1-8(2)11(13)7-14-10-5-3-9(12)4-6-10/h3-6,8,11H,7,13H2,1-2H3. The van der Waals surface area contributed by atoms with Crippen molar-refractivity contribution in [3.05, 3.63) is 30.1 Å². The Labute approximate surface area is 83.9 Å². The van der Waals surface area contributed by atoms with Crippen molar-refractivity contribution in [2.24, 2.45) is 11.7 Å². The molecule has 2 N–H and O–H groups in total. The van der Waals surface area contributed by atoms with Crippen molar-refractivity contribution in [3.8, 4) is 5.75 Å². The number of rotatable bonds is 4. The molecule has 1 aromatic rings. The van der Waals surface area contributed by atoms with Crippen molar-refractivity contribution in [1.82, 2.24) is 0 Å². The molecule has 0 amide bonds. The summed E-state index contributed by atoms with van der Waals surface area (Å²) in [4.78, 5) is 0. The predicted octanol–water partition coefficient (Wildman–Crippen LogP) is 2.19. The molecule has 0 saturated carbocycles.